The molecule has 2 aliphatic rings. The number of hydrogen-bond donors (Lipinski definition) is 1. The number of nitrogens with zero attached hydrogens (tertiary/aromatic N) is 3. The second-order valence-corrected chi connectivity index (χ2v) is 9.63. The van der Waals surface area contributed by atoms with Crippen LogP contribution < -0.4 is 5.32 Å². The van der Waals surface area contributed by atoms with Crippen LogP contribution in [0.1, 0.15) is 35.6 Å². The minimum absolute atomic E-state index is 0.0881. The molecule has 3 aromatic rings. The van der Waals surface area contributed by atoms with Gasteiger partial charge in [-0.25, -0.2) is 9.40 Å². The van der Waals surface area contributed by atoms with Crippen LogP contribution in [-0.4, -0.2) is 33.0 Å². The summed E-state index contributed by atoms with van der Waals surface area (Å²) < 4.78 is 13.9. The quantitative estimate of drug-likeness (QED) is 0.530. The molecule has 0 aromatic heterocycles. The maximum Gasteiger partial charge on any atom is 0.262 e. The molecule has 6 nitrogen and oxygen atoms in total. The second-order valence-electron chi connectivity index (χ2n) is 8.46. The second kappa shape index (κ2) is 9.84. The number of anilines is 1. The minimum Gasteiger partial charge on any atom is -0.324 e. The fourth-order valence-corrected chi connectivity index (χ4v) is 5.14. The molecule has 2 heterocycles. The third kappa shape index (κ3) is 5.02. The van der Waals surface area contributed by atoms with E-state index < -0.39 is 17.0 Å². The average Bonchev–Trinajstić information content (AvgIpc) is 3.46. The van der Waals surface area contributed by atoms with Crippen LogP contribution in [0.15, 0.2) is 89.0 Å². The molecular formula is C27H23FN4O2S. The number of carbonyl (C=O) groups is 2. The summed E-state index contributed by atoms with van der Waals surface area (Å²) >= 11 is 1.22. The van der Waals surface area contributed by atoms with Crippen molar-refractivity contribution in [1.29, 1.82) is 0 Å². The summed E-state index contributed by atoms with van der Waals surface area (Å²) in [5, 5.41) is 8.96. The number of aliphatic imine (C=N–C) groups is 1. The summed E-state index contributed by atoms with van der Waals surface area (Å²) in [7, 11) is 0. The fourth-order valence-electron chi connectivity index (χ4n) is 4.08. The van der Waals surface area contributed by atoms with Crippen LogP contribution in [0.3, 0.4) is 0 Å². The maximum atomic E-state index is 13.9. The molecule has 5 rings (SSSR count). The maximum absolute atomic E-state index is 13.9. The van der Waals surface area contributed by atoms with E-state index in [-0.39, 0.29) is 24.1 Å². The zero-order valence-electron chi connectivity index (χ0n) is 19.0. The average molecular weight is 487 g/mol. The molecule has 1 N–H and O–H groups in total. The van der Waals surface area contributed by atoms with Crippen LogP contribution in [0, 0.1) is 12.7 Å². The number of aryl methyl sites for hydroxylation is 1. The number of para-hydroxylation sites is 1. The van der Waals surface area contributed by atoms with E-state index in [0.717, 1.165) is 16.8 Å². The van der Waals surface area contributed by atoms with Crippen LogP contribution in [0.2, 0.25) is 0 Å². The van der Waals surface area contributed by atoms with E-state index in [4.69, 9.17) is 5.10 Å². The molecule has 176 valence electrons. The molecule has 2 amide bonds. The first-order chi connectivity index (χ1) is 17.0. The Labute approximate surface area is 207 Å². The Bertz CT molecular complexity index is 1320. The van der Waals surface area contributed by atoms with E-state index in [1.54, 1.807) is 17.1 Å². The van der Waals surface area contributed by atoms with Gasteiger partial charge in [-0.2, -0.15) is 10.1 Å². The van der Waals surface area contributed by atoms with Gasteiger partial charge in [0.05, 0.1) is 17.4 Å². The number of halogens is 1. The zero-order chi connectivity index (χ0) is 24.4. The summed E-state index contributed by atoms with van der Waals surface area (Å²) in [6.07, 6.45) is 0.558. The molecule has 2 atom stereocenters. The molecule has 35 heavy (non-hydrogen) atoms. The zero-order valence-corrected chi connectivity index (χ0v) is 19.8. The van der Waals surface area contributed by atoms with E-state index in [0.29, 0.717) is 11.6 Å². The van der Waals surface area contributed by atoms with Gasteiger partial charge in [-0.15, -0.1) is 0 Å². The van der Waals surface area contributed by atoms with E-state index >= 15 is 0 Å². The first-order valence-corrected chi connectivity index (χ1v) is 12.2. The molecule has 0 saturated carbocycles. The molecule has 0 aliphatic carbocycles. The summed E-state index contributed by atoms with van der Waals surface area (Å²) in [5.74, 6) is -1.36. The van der Waals surface area contributed by atoms with Crippen molar-refractivity contribution in [3.8, 4) is 0 Å². The highest BCUT2D eigenvalue weighted by Crippen LogP contribution is 2.38. The van der Waals surface area contributed by atoms with Gasteiger partial charge in [0, 0.05) is 12.8 Å². The van der Waals surface area contributed by atoms with Crippen LogP contribution in [0.25, 0.3) is 0 Å². The van der Waals surface area contributed by atoms with E-state index in [9.17, 15) is 14.0 Å². The van der Waals surface area contributed by atoms with Gasteiger partial charge in [0.25, 0.3) is 5.91 Å². The third-order valence-electron chi connectivity index (χ3n) is 5.92. The first kappa shape index (κ1) is 23.0. The lowest BCUT2D eigenvalue weighted by Crippen LogP contribution is -2.25. The Morgan fingerprint density at radius 2 is 1.77 bits per heavy atom. The molecular weight excluding hydrogens is 463 g/mol. The minimum atomic E-state index is -0.688. The molecule has 0 fully saturated rings. The number of nitrogens with one attached hydrogen (secondary N) is 1. The van der Waals surface area contributed by atoms with Gasteiger partial charge in [-0.3, -0.25) is 9.59 Å². The van der Waals surface area contributed by atoms with E-state index in [1.807, 2.05) is 61.5 Å². The monoisotopic (exact) mass is 486 g/mol. The molecule has 0 bridgehead atoms. The topological polar surface area (TPSA) is 74.1 Å². The number of rotatable bonds is 5. The third-order valence-corrected chi connectivity index (χ3v) is 7.07. The van der Waals surface area contributed by atoms with Crippen molar-refractivity contribution in [2.45, 2.75) is 31.1 Å². The smallest absolute Gasteiger partial charge is 0.262 e. The van der Waals surface area contributed by atoms with Crippen molar-refractivity contribution in [3.63, 3.8) is 0 Å². The highest BCUT2D eigenvalue weighted by molar-refractivity contribution is 8.15. The van der Waals surface area contributed by atoms with Crippen molar-refractivity contribution < 1.29 is 14.0 Å². The van der Waals surface area contributed by atoms with Crippen LogP contribution in [0.4, 0.5) is 10.1 Å². The Morgan fingerprint density at radius 1 is 1.06 bits per heavy atom. The van der Waals surface area contributed by atoms with Crippen LogP contribution in [-0.2, 0) is 9.59 Å². The number of benzene rings is 3. The number of thioether (sulfide) groups is 1. The molecule has 8 heteroatoms. The van der Waals surface area contributed by atoms with Crippen molar-refractivity contribution in [1.82, 2.24) is 5.01 Å². The van der Waals surface area contributed by atoms with Crippen molar-refractivity contribution in [3.05, 3.63) is 101 Å². The number of amidine groups is 1. The first-order valence-electron chi connectivity index (χ1n) is 11.3. The summed E-state index contributed by atoms with van der Waals surface area (Å²) in [4.78, 5) is 29.5. The van der Waals surface area contributed by atoms with Gasteiger partial charge in [-0.1, -0.05) is 84.1 Å². The van der Waals surface area contributed by atoms with Crippen molar-refractivity contribution in [2.24, 2.45) is 10.1 Å². The standard InChI is InChI=1S/C27H23FN4O2S/c1-17-11-13-18(14-12-17)22-15-23(19-7-3-2-4-8-19)32(31-22)27-30-26(34)24(35-27)16-25(33)29-21-10-6-5-9-20(21)28/h2-14,23-24H,15-16H2,1H3,(H,29,33)/t23-,24+/m1/s1. The van der Waals surface area contributed by atoms with Gasteiger partial charge in [0.2, 0.25) is 5.91 Å². The lowest BCUT2D eigenvalue weighted by atomic mass is 9.98. The van der Waals surface area contributed by atoms with Crippen LogP contribution in [0.5, 0.6) is 0 Å². The number of hydrazone groups is 1. The fraction of sp³-hybridized carbons (Fsp3) is 0.185. The highest BCUT2D eigenvalue weighted by Gasteiger charge is 2.39. The van der Waals surface area contributed by atoms with Gasteiger partial charge in [0.15, 0.2) is 5.17 Å². The summed E-state index contributed by atoms with van der Waals surface area (Å²) in [5.41, 5.74) is 4.26. The lowest BCUT2D eigenvalue weighted by molar-refractivity contribution is -0.121. The predicted molar refractivity (Wildman–Crippen MR) is 137 cm³/mol. The van der Waals surface area contributed by atoms with E-state index in [1.165, 1.54) is 29.5 Å². The molecule has 0 radical (unpaired) electrons. The molecule has 0 saturated heterocycles. The molecule has 3 aromatic carbocycles. The van der Waals surface area contributed by atoms with Gasteiger partial charge < -0.3 is 5.32 Å². The SMILES string of the molecule is Cc1ccc(C2=NN(C3=NC(=O)[C@H](CC(=O)Nc4ccccc4F)S3)[C@@H](c3ccccc3)C2)cc1. The lowest BCUT2D eigenvalue weighted by Gasteiger charge is -2.23. The predicted octanol–water partition coefficient (Wildman–Crippen LogP) is 5.31. The van der Waals surface area contributed by atoms with Crippen molar-refractivity contribution in [2.75, 3.05) is 5.32 Å². The van der Waals surface area contributed by atoms with Gasteiger partial charge in [0.1, 0.15) is 11.1 Å². The number of carbonyl (C=O) groups excluding carboxylic acids is 2. The molecule has 0 unspecified atom stereocenters. The van der Waals surface area contributed by atoms with E-state index in [2.05, 4.69) is 10.3 Å². The summed E-state index contributed by atoms with van der Waals surface area (Å²) in [6.45, 7) is 2.04. The van der Waals surface area contributed by atoms with Gasteiger partial charge in [-0.05, 0) is 30.2 Å². The number of amides is 2. The Balaban J connectivity index is 1.35. The Hall–Kier alpha value is -3.78. The van der Waals surface area contributed by atoms with Crippen LogP contribution >= 0.6 is 11.8 Å². The highest BCUT2D eigenvalue weighted by atomic mass is 32.2. The number of hydrogen-bond acceptors (Lipinski definition) is 5. The molecule has 2 aliphatic heterocycles. The van der Waals surface area contributed by atoms with Crippen molar-refractivity contribution >= 4 is 40.1 Å². The summed E-state index contributed by atoms with van der Waals surface area (Å²) in [6, 6.07) is 24.0. The van der Waals surface area contributed by atoms with Gasteiger partial charge >= 0.3 is 0 Å². The Kier molecular flexibility index (Phi) is 6.46. The largest absolute Gasteiger partial charge is 0.324 e. The molecule has 0 spiro atoms. The normalized spacial score (nSPS) is 19.5. The Morgan fingerprint density at radius 3 is 2.51 bits per heavy atom.